The van der Waals surface area contributed by atoms with Gasteiger partial charge in [-0.3, -0.25) is 0 Å². The van der Waals surface area contributed by atoms with Crippen LogP contribution in [0.25, 0.3) is 0 Å². The average Bonchev–Trinajstić information content (AvgIpc) is 3.15. The number of hydrogen-bond donors (Lipinski definition) is 0. The van der Waals surface area contributed by atoms with Gasteiger partial charge in [0.25, 0.3) is 0 Å². The van der Waals surface area contributed by atoms with E-state index in [1.54, 1.807) is 0 Å². The Bertz CT molecular complexity index is 685. The Kier molecular flexibility index (Phi) is 44.9. The van der Waals surface area contributed by atoms with Crippen LogP contribution < -0.4 is 0 Å². The van der Waals surface area contributed by atoms with Crippen LogP contribution in [0.2, 0.25) is 0 Å². The molecule has 334 valence electrons. The molecule has 0 aromatic carbocycles. The molecule has 0 saturated carbocycles. The first-order valence-corrected chi connectivity index (χ1v) is 31.2. The summed E-state index contributed by atoms with van der Waals surface area (Å²) in [5.74, 6) is -1.77. The van der Waals surface area contributed by atoms with E-state index in [-0.39, 0.29) is 0 Å². The van der Waals surface area contributed by atoms with Crippen LogP contribution in [0.4, 0.5) is 0 Å². The summed E-state index contributed by atoms with van der Waals surface area (Å²) in [4.78, 5) is 0. The summed E-state index contributed by atoms with van der Waals surface area (Å²) in [7, 11) is 0. The van der Waals surface area contributed by atoms with Crippen LogP contribution in [0, 0.1) is 0 Å². The van der Waals surface area contributed by atoms with Crippen molar-refractivity contribution in [2.24, 2.45) is 0 Å². The molecule has 0 bridgehead atoms. The van der Waals surface area contributed by atoms with Gasteiger partial charge in [-0.1, -0.05) is 244 Å². The number of hydrogen-bond acceptors (Lipinski definition) is 0. The normalized spacial score (nSPS) is 12.8. The Morgan fingerprint density at radius 2 is 0.309 bits per heavy atom. The zero-order chi connectivity index (χ0) is 40.1. The van der Waals surface area contributed by atoms with Crippen LogP contribution in [0.15, 0.2) is 0 Å². The first-order chi connectivity index (χ1) is 26.8. The van der Waals surface area contributed by atoms with Gasteiger partial charge in [-0.05, 0) is 0 Å². The third-order valence-electron chi connectivity index (χ3n) is 12.8. The summed E-state index contributed by atoms with van der Waals surface area (Å²) in [6.07, 6.45) is 72.2. The van der Waals surface area contributed by atoms with Gasteiger partial charge in [-0.2, -0.15) is 0 Å². The van der Waals surface area contributed by atoms with Crippen molar-refractivity contribution in [3.8, 4) is 0 Å². The Balaban J connectivity index is 3.08. The summed E-state index contributed by atoms with van der Waals surface area (Å²) >= 11 is 6.66. The molecule has 0 nitrogen and oxygen atoms in total. The van der Waals surface area contributed by atoms with Gasteiger partial charge in [0, 0.05) is 0 Å². The second-order valence-corrected chi connectivity index (χ2v) is 30.3. The Hall–Kier alpha value is 0.720. The van der Waals surface area contributed by atoms with E-state index in [1.165, 1.54) is 314 Å². The molecule has 0 fully saturated rings. The number of halogens is 1. The van der Waals surface area contributed by atoms with Gasteiger partial charge in [-0.15, -0.1) is 0 Å². The second-order valence-electron chi connectivity index (χ2n) is 20.3. The summed E-state index contributed by atoms with van der Waals surface area (Å²) in [5, 5.41) is 0. The van der Waals surface area contributed by atoms with E-state index in [2.05, 4.69) is 26.9 Å². The van der Waals surface area contributed by atoms with Gasteiger partial charge in [0.05, 0.1) is 0 Å². The van der Waals surface area contributed by atoms with Gasteiger partial charge in [-0.25, -0.2) is 0 Å². The van der Waals surface area contributed by atoms with E-state index in [1.807, 2.05) is 0 Å². The molecule has 0 aromatic heterocycles. The van der Waals surface area contributed by atoms with E-state index in [4.69, 9.17) is 11.2 Å². The first-order valence-electron chi connectivity index (χ1n) is 26.5. The van der Waals surface area contributed by atoms with Crippen molar-refractivity contribution in [2.45, 2.75) is 315 Å². The van der Waals surface area contributed by atoms with Crippen molar-refractivity contribution in [3.05, 3.63) is 0 Å². The van der Waals surface area contributed by atoms with Crippen LogP contribution in [0.5, 0.6) is 0 Å². The Labute approximate surface area is 356 Å². The molecule has 0 aromatic rings. The summed E-state index contributed by atoms with van der Waals surface area (Å²) in [6, 6.07) is 0. The second kappa shape index (κ2) is 44.3. The van der Waals surface area contributed by atoms with Crippen molar-refractivity contribution in [3.63, 3.8) is 0 Å². The molecule has 2 heteroatoms. The standard InChI is InChI=1S/C53H110ClP/c1-5-6-7-8-9-10-11-12-13-14-15-16-17-18-19-20-21-22-23-24-25-26-27-28-29-30-31-32-33-34-35-36-37-38-39-40-41-42-43-44-45-46-47-48-49-50-51-52-53-55(2,3,4)54/h5-53H2,1-4H3. The SMILES string of the molecule is CCCCCCCCCCCCCCCCCCCCCCCCCCCCCCCCCCCCCCCCCCCCCCCCCCP(C)(C)(C)Cl. The molecule has 0 atom stereocenters. The maximum absolute atomic E-state index is 6.66. The molecular weight excluding hydrogens is 703 g/mol. The molecule has 0 spiro atoms. The summed E-state index contributed by atoms with van der Waals surface area (Å²) in [5.41, 5.74) is 0. The molecule has 55 heavy (non-hydrogen) atoms. The molecule has 0 aliphatic heterocycles. The fraction of sp³-hybridized carbons (Fsp3) is 1.00. The van der Waals surface area contributed by atoms with Gasteiger partial charge in [0.15, 0.2) is 0 Å². The fourth-order valence-electron chi connectivity index (χ4n) is 8.85. The monoisotopic (exact) mass is 813 g/mol. The van der Waals surface area contributed by atoms with Crippen molar-refractivity contribution in [1.29, 1.82) is 0 Å². The maximum atomic E-state index is 6.66. The molecule has 0 saturated heterocycles. The Morgan fingerprint density at radius 1 is 0.200 bits per heavy atom. The number of unbranched alkanes of at least 4 members (excludes halogenated alkanes) is 47. The van der Waals surface area contributed by atoms with Crippen molar-refractivity contribution in [1.82, 2.24) is 0 Å². The Morgan fingerprint density at radius 3 is 0.418 bits per heavy atom. The zero-order valence-corrected chi connectivity index (χ0v) is 41.1. The predicted octanol–water partition coefficient (Wildman–Crippen LogP) is 21.3. The van der Waals surface area contributed by atoms with E-state index >= 15 is 0 Å². The van der Waals surface area contributed by atoms with E-state index in [9.17, 15) is 0 Å². The third-order valence-corrected chi connectivity index (χ3v) is 15.1. The van der Waals surface area contributed by atoms with E-state index in [0.717, 1.165) is 0 Å². The van der Waals surface area contributed by atoms with Crippen molar-refractivity contribution < 1.29 is 0 Å². The van der Waals surface area contributed by atoms with Crippen LogP contribution in [-0.4, -0.2) is 26.2 Å². The molecule has 0 N–H and O–H groups in total. The summed E-state index contributed by atoms with van der Waals surface area (Å²) < 4.78 is 0. The van der Waals surface area contributed by atoms with Gasteiger partial charge in [0.2, 0.25) is 0 Å². The first kappa shape index (κ1) is 55.7. The van der Waals surface area contributed by atoms with Crippen LogP contribution >= 0.6 is 17.2 Å². The quantitative estimate of drug-likeness (QED) is 0.0424. The molecule has 0 amide bonds. The van der Waals surface area contributed by atoms with Gasteiger partial charge in [0.1, 0.15) is 0 Å². The van der Waals surface area contributed by atoms with Crippen molar-refractivity contribution in [2.75, 3.05) is 26.2 Å². The minimum absolute atomic E-state index is 1.26. The molecule has 0 aliphatic rings. The van der Waals surface area contributed by atoms with E-state index in [0.29, 0.717) is 0 Å². The minimum atomic E-state index is -1.77. The van der Waals surface area contributed by atoms with Crippen LogP contribution in [0.1, 0.15) is 315 Å². The predicted molar refractivity (Wildman–Crippen MR) is 263 cm³/mol. The number of rotatable bonds is 49. The molecule has 0 aliphatic carbocycles. The zero-order valence-electron chi connectivity index (χ0n) is 39.5. The average molecular weight is 814 g/mol. The van der Waals surface area contributed by atoms with Crippen molar-refractivity contribution >= 4 is 17.2 Å². The molecule has 0 rings (SSSR count). The topological polar surface area (TPSA) is 0 Å². The van der Waals surface area contributed by atoms with Gasteiger partial charge < -0.3 is 0 Å². The fourth-order valence-corrected chi connectivity index (χ4v) is 10.5. The molecule has 0 heterocycles. The third kappa shape index (κ3) is 54.7. The summed E-state index contributed by atoms with van der Waals surface area (Å²) in [6.45, 7) is 9.19. The molecule has 0 radical (unpaired) electrons. The van der Waals surface area contributed by atoms with Gasteiger partial charge >= 0.3 is 114 Å². The molecule has 0 unspecified atom stereocenters. The molecular formula is C53H110ClP. The van der Waals surface area contributed by atoms with E-state index < -0.39 is 5.96 Å². The van der Waals surface area contributed by atoms with Crippen LogP contribution in [0.3, 0.4) is 0 Å². The van der Waals surface area contributed by atoms with Crippen LogP contribution in [-0.2, 0) is 0 Å².